The number of rotatable bonds is 3. The van der Waals surface area contributed by atoms with Crippen molar-refractivity contribution < 1.29 is 8.78 Å². The van der Waals surface area contributed by atoms with E-state index in [9.17, 15) is 8.78 Å². The van der Waals surface area contributed by atoms with Crippen LogP contribution in [0.1, 0.15) is 47.9 Å². The molecule has 0 unspecified atom stereocenters. The Morgan fingerprint density at radius 3 is 2.50 bits per heavy atom. The fourth-order valence-corrected chi connectivity index (χ4v) is 3.84. The minimum Gasteiger partial charge on any atom is -0.204 e. The molecule has 1 saturated carbocycles. The number of allylic oxidation sites excluding steroid dienone is 1. The van der Waals surface area contributed by atoms with E-state index in [-0.39, 0.29) is 5.56 Å². The lowest BCUT2D eigenvalue weighted by molar-refractivity contribution is 0.314. The average molecular weight is 391 g/mol. The third kappa shape index (κ3) is 4.12. The fraction of sp³-hybridized carbons (Fsp3) is 0.292. The number of hydrogen-bond donors (Lipinski definition) is 0. The van der Waals surface area contributed by atoms with Crippen LogP contribution < -0.4 is 0 Å². The van der Waals surface area contributed by atoms with Gasteiger partial charge in [-0.1, -0.05) is 49.3 Å². The molecule has 2 aliphatic carbocycles. The molecule has 1 nitrogen and oxygen atoms in total. The van der Waals surface area contributed by atoms with Gasteiger partial charge in [-0.05, 0) is 72.3 Å². The molecular weight excluding hydrogens is 372 g/mol. The number of hydrogen-bond acceptors (Lipinski definition) is 2. The Balaban J connectivity index is 1.53. The monoisotopic (exact) mass is 391 g/mol. The standard InChI is InChI=1S/C24H19F2NS/c25-22-13-19(14-23(26)24(22)27-15-28)5-4-17-6-8-21-12-18(7-9-20(21)11-17)10-16-2-1-3-16/h7,9,11-14,16H,1-3,6,8,10H2. The van der Waals surface area contributed by atoms with E-state index in [1.54, 1.807) is 0 Å². The number of isothiocyanates is 1. The quantitative estimate of drug-likeness (QED) is 0.334. The minimum atomic E-state index is -0.788. The summed E-state index contributed by atoms with van der Waals surface area (Å²) in [6, 6.07) is 9.05. The van der Waals surface area contributed by atoms with Crippen molar-refractivity contribution in [1.82, 2.24) is 0 Å². The van der Waals surface area contributed by atoms with E-state index in [2.05, 4.69) is 53.3 Å². The number of aliphatic imine (C=N–C) groups is 1. The summed E-state index contributed by atoms with van der Waals surface area (Å²) in [6.07, 6.45) is 9.13. The van der Waals surface area contributed by atoms with Crippen LogP contribution in [-0.2, 0) is 12.8 Å². The highest BCUT2D eigenvalue weighted by Crippen LogP contribution is 2.31. The molecule has 0 amide bonds. The fourth-order valence-electron chi connectivity index (χ4n) is 3.74. The zero-order valence-corrected chi connectivity index (χ0v) is 16.2. The first-order chi connectivity index (χ1) is 13.6. The van der Waals surface area contributed by atoms with Gasteiger partial charge in [0.2, 0.25) is 0 Å². The van der Waals surface area contributed by atoms with E-state index >= 15 is 0 Å². The number of thiocarbonyl (C=S) groups is 1. The molecule has 0 radical (unpaired) electrons. The molecule has 0 aromatic heterocycles. The topological polar surface area (TPSA) is 12.4 Å². The minimum absolute atomic E-state index is 0.279. The highest BCUT2D eigenvalue weighted by atomic mass is 32.1. The van der Waals surface area contributed by atoms with E-state index in [4.69, 9.17) is 0 Å². The molecule has 0 saturated heterocycles. The summed E-state index contributed by atoms with van der Waals surface area (Å²) in [7, 11) is 0. The van der Waals surface area contributed by atoms with Crippen molar-refractivity contribution in [3.63, 3.8) is 0 Å². The summed E-state index contributed by atoms with van der Waals surface area (Å²) < 4.78 is 27.8. The molecule has 1 fully saturated rings. The van der Waals surface area contributed by atoms with Gasteiger partial charge < -0.3 is 0 Å². The van der Waals surface area contributed by atoms with Gasteiger partial charge in [0, 0.05) is 11.1 Å². The summed E-state index contributed by atoms with van der Waals surface area (Å²) in [6.45, 7) is 0. The Labute approximate surface area is 169 Å². The Bertz CT molecular complexity index is 1040. The van der Waals surface area contributed by atoms with Crippen molar-refractivity contribution >= 4 is 29.1 Å². The molecule has 2 aromatic carbocycles. The second-order valence-electron chi connectivity index (χ2n) is 7.45. The first-order valence-electron chi connectivity index (χ1n) is 9.53. The Morgan fingerprint density at radius 1 is 1.04 bits per heavy atom. The molecule has 4 heteroatoms. The van der Waals surface area contributed by atoms with E-state index in [1.165, 1.54) is 54.5 Å². The lowest BCUT2D eigenvalue weighted by Crippen LogP contribution is -2.14. The van der Waals surface area contributed by atoms with Gasteiger partial charge in [0.25, 0.3) is 0 Å². The molecule has 0 heterocycles. The Morgan fingerprint density at radius 2 is 1.82 bits per heavy atom. The summed E-state index contributed by atoms with van der Waals surface area (Å²) in [5, 5.41) is 1.98. The number of aryl methyl sites for hydroxylation is 1. The van der Waals surface area contributed by atoms with Crippen LogP contribution in [0, 0.1) is 29.4 Å². The zero-order chi connectivity index (χ0) is 19.5. The molecule has 2 aromatic rings. The second-order valence-corrected chi connectivity index (χ2v) is 7.63. The third-order valence-electron chi connectivity index (χ3n) is 5.49. The molecular formula is C24H19F2NS. The van der Waals surface area contributed by atoms with E-state index < -0.39 is 17.3 Å². The van der Waals surface area contributed by atoms with Crippen LogP contribution in [-0.4, -0.2) is 5.16 Å². The van der Waals surface area contributed by atoms with Crippen LogP contribution in [0.5, 0.6) is 0 Å². The second kappa shape index (κ2) is 8.19. The van der Waals surface area contributed by atoms with Gasteiger partial charge in [-0.3, -0.25) is 0 Å². The first kappa shape index (κ1) is 18.7. The molecule has 0 aliphatic heterocycles. The molecule has 0 spiro atoms. The van der Waals surface area contributed by atoms with Crippen LogP contribution >= 0.6 is 12.2 Å². The maximum Gasteiger partial charge on any atom is 0.153 e. The van der Waals surface area contributed by atoms with Gasteiger partial charge >= 0.3 is 0 Å². The average Bonchev–Trinajstić information content (AvgIpc) is 2.66. The largest absolute Gasteiger partial charge is 0.204 e. The number of fused-ring (bicyclic) bond motifs is 1. The normalized spacial score (nSPS) is 15.4. The lowest BCUT2D eigenvalue weighted by Gasteiger charge is -2.26. The number of benzene rings is 2. The van der Waals surface area contributed by atoms with Crippen LogP contribution in [0.2, 0.25) is 0 Å². The van der Waals surface area contributed by atoms with Gasteiger partial charge in [0.05, 0.1) is 5.16 Å². The van der Waals surface area contributed by atoms with Gasteiger partial charge in [-0.25, -0.2) is 8.78 Å². The van der Waals surface area contributed by atoms with Crippen LogP contribution in [0.15, 0.2) is 40.9 Å². The molecule has 0 bridgehead atoms. The summed E-state index contributed by atoms with van der Waals surface area (Å²) >= 11 is 4.41. The molecule has 4 rings (SSSR count). The van der Waals surface area contributed by atoms with Gasteiger partial charge in [0.15, 0.2) is 11.6 Å². The highest BCUT2D eigenvalue weighted by Gasteiger charge is 2.18. The molecule has 2 aliphatic rings. The SMILES string of the molecule is Fc1cc(C#CC2=Cc3ccc(CC4CCC4)cc3CC2)cc(F)c1N=C=S. The Hall–Kier alpha value is -2.60. The van der Waals surface area contributed by atoms with E-state index in [0.717, 1.165) is 24.3 Å². The summed E-state index contributed by atoms with van der Waals surface area (Å²) in [5.74, 6) is 5.21. The predicted octanol–water partition coefficient (Wildman–Crippen LogP) is 6.42. The van der Waals surface area contributed by atoms with Gasteiger partial charge in [0.1, 0.15) is 5.69 Å². The predicted molar refractivity (Wildman–Crippen MR) is 112 cm³/mol. The molecule has 28 heavy (non-hydrogen) atoms. The van der Waals surface area contributed by atoms with Crippen LogP contribution in [0.25, 0.3) is 6.08 Å². The van der Waals surface area contributed by atoms with Crippen molar-refractivity contribution in [2.45, 2.75) is 38.5 Å². The van der Waals surface area contributed by atoms with E-state index in [1.807, 2.05) is 5.16 Å². The third-order valence-corrected chi connectivity index (χ3v) is 5.58. The smallest absolute Gasteiger partial charge is 0.153 e. The highest BCUT2D eigenvalue weighted by molar-refractivity contribution is 7.78. The van der Waals surface area contributed by atoms with Gasteiger partial charge in [-0.2, -0.15) is 4.99 Å². The maximum absolute atomic E-state index is 13.9. The van der Waals surface area contributed by atoms with Crippen molar-refractivity contribution in [3.05, 3.63) is 69.8 Å². The first-order valence-corrected chi connectivity index (χ1v) is 9.94. The molecule has 0 atom stereocenters. The Kier molecular flexibility index (Phi) is 5.48. The van der Waals surface area contributed by atoms with Gasteiger partial charge in [-0.15, -0.1) is 0 Å². The van der Waals surface area contributed by atoms with Crippen LogP contribution in [0.3, 0.4) is 0 Å². The van der Waals surface area contributed by atoms with E-state index in [0.29, 0.717) is 0 Å². The summed E-state index contributed by atoms with van der Waals surface area (Å²) in [5.41, 5.74) is 4.81. The van der Waals surface area contributed by atoms with Crippen molar-refractivity contribution in [1.29, 1.82) is 0 Å². The maximum atomic E-state index is 13.9. The lowest BCUT2D eigenvalue weighted by atomic mass is 9.80. The number of halogens is 2. The number of nitrogens with zero attached hydrogens (tertiary/aromatic N) is 1. The van der Waals surface area contributed by atoms with Crippen molar-refractivity contribution in [2.75, 3.05) is 0 Å². The molecule has 140 valence electrons. The van der Waals surface area contributed by atoms with Crippen LogP contribution in [0.4, 0.5) is 14.5 Å². The van der Waals surface area contributed by atoms with Crippen molar-refractivity contribution in [3.8, 4) is 11.8 Å². The van der Waals surface area contributed by atoms with Crippen molar-refractivity contribution in [2.24, 2.45) is 10.9 Å². The molecule has 0 N–H and O–H groups in total. The summed E-state index contributed by atoms with van der Waals surface area (Å²) in [4.78, 5) is 3.41. The zero-order valence-electron chi connectivity index (χ0n) is 15.4.